The van der Waals surface area contributed by atoms with Crippen molar-refractivity contribution in [3.8, 4) is 0 Å². The number of rotatable bonds is 7. The van der Waals surface area contributed by atoms with Crippen LogP contribution in [0.15, 0.2) is 6.07 Å². The molecule has 0 aliphatic rings. The molecule has 0 aromatic carbocycles. The Labute approximate surface area is 98.2 Å². The molecule has 0 aliphatic heterocycles. The highest BCUT2D eigenvalue weighted by atomic mass is 15.3. The molecule has 16 heavy (non-hydrogen) atoms. The van der Waals surface area contributed by atoms with Crippen LogP contribution in [0.25, 0.3) is 0 Å². The second-order valence-corrected chi connectivity index (χ2v) is 4.30. The lowest BCUT2D eigenvalue weighted by Crippen LogP contribution is -2.37. The molecule has 1 unspecified atom stereocenters. The van der Waals surface area contributed by atoms with Crippen molar-refractivity contribution < 1.29 is 0 Å². The van der Waals surface area contributed by atoms with Crippen molar-refractivity contribution in [2.24, 2.45) is 5.84 Å². The molecule has 4 nitrogen and oxygen atoms in total. The third kappa shape index (κ3) is 3.61. The SMILES string of the molecule is CCCCC(Cc1cc(C)nn1CC)NN. The van der Waals surface area contributed by atoms with Crippen molar-refractivity contribution in [1.82, 2.24) is 15.2 Å². The molecule has 0 radical (unpaired) electrons. The van der Waals surface area contributed by atoms with Crippen LogP contribution in [-0.2, 0) is 13.0 Å². The Kier molecular flexibility index (Phi) is 5.49. The van der Waals surface area contributed by atoms with E-state index in [1.165, 1.54) is 18.5 Å². The average Bonchev–Trinajstić information content (AvgIpc) is 2.64. The maximum atomic E-state index is 5.58. The second-order valence-electron chi connectivity index (χ2n) is 4.30. The number of aryl methyl sites for hydroxylation is 2. The van der Waals surface area contributed by atoms with Gasteiger partial charge in [0.05, 0.1) is 5.69 Å². The third-order valence-corrected chi connectivity index (χ3v) is 2.88. The molecule has 3 N–H and O–H groups in total. The Morgan fingerprint density at radius 1 is 1.50 bits per heavy atom. The van der Waals surface area contributed by atoms with Crippen LogP contribution in [0.2, 0.25) is 0 Å². The normalized spacial score (nSPS) is 13.0. The highest BCUT2D eigenvalue weighted by Crippen LogP contribution is 2.10. The molecule has 0 amide bonds. The fourth-order valence-electron chi connectivity index (χ4n) is 1.98. The number of hydrogen-bond donors (Lipinski definition) is 2. The zero-order valence-electron chi connectivity index (χ0n) is 10.7. The molecule has 1 heterocycles. The average molecular weight is 224 g/mol. The zero-order valence-corrected chi connectivity index (χ0v) is 10.7. The quantitative estimate of drug-likeness (QED) is 0.548. The number of nitrogens with two attached hydrogens (primary N) is 1. The monoisotopic (exact) mass is 224 g/mol. The fourth-order valence-corrected chi connectivity index (χ4v) is 1.98. The van der Waals surface area contributed by atoms with E-state index in [0.29, 0.717) is 6.04 Å². The molecule has 0 aliphatic carbocycles. The van der Waals surface area contributed by atoms with E-state index in [-0.39, 0.29) is 0 Å². The summed E-state index contributed by atoms with van der Waals surface area (Å²) in [6.07, 6.45) is 4.52. The first-order valence-corrected chi connectivity index (χ1v) is 6.20. The summed E-state index contributed by atoms with van der Waals surface area (Å²) < 4.78 is 2.06. The fraction of sp³-hybridized carbons (Fsp3) is 0.750. The number of nitrogens with zero attached hydrogens (tertiary/aromatic N) is 2. The van der Waals surface area contributed by atoms with Crippen LogP contribution < -0.4 is 11.3 Å². The van der Waals surface area contributed by atoms with E-state index < -0.39 is 0 Å². The van der Waals surface area contributed by atoms with Crippen molar-refractivity contribution in [3.05, 3.63) is 17.5 Å². The van der Waals surface area contributed by atoms with Gasteiger partial charge in [-0.1, -0.05) is 19.8 Å². The molecule has 0 spiro atoms. The third-order valence-electron chi connectivity index (χ3n) is 2.88. The minimum absolute atomic E-state index is 0.362. The van der Waals surface area contributed by atoms with Crippen molar-refractivity contribution in [1.29, 1.82) is 0 Å². The first kappa shape index (κ1) is 13.2. The zero-order chi connectivity index (χ0) is 12.0. The minimum atomic E-state index is 0.362. The predicted octanol–water partition coefficient (Wildman–Crippen LogP) is 1.78. The lowest BCUT2D eigenvalue weighted by molar-refractivity contribution is 0.457. The maximum absolute atomic E-state index is 5.58. The van der Waals surface area contributed by atoms with E-state index in [9.17, 15) is 0 Å². The summed E-state index contributed by atoms with van der Waals surface area (Å²) in [4.78, 5) is 0. The van der Waals surface area contributed by atoms with Crippen LogP contribution in [0.1, 0.15) is 44.5 Å². The number of aromatic nitrogens is 2. The summed E-state index contributed by atoms with van der Waals surface area (Å²) in [5, 5.41) is 4.44. The smallest absolute Gasteiger partial charge is 0.0596 e. The standard InChI is InChI=1S/C12H24N4/c1-4-6-7-11(14-13)9-12-8-10(3)15-16(12)5-2/h8,11,14H,4-7,9,13H2,1-3H3. The summed E-state index contributed by atoms with van der Waals surface area (Å²) in [6, 6.07) is 2.51. The molecule has 92 valence electrons. The summed E-state index contributed by atoms with van der Waals surface area (Å²) in [5.41, 5.74) is 5.27. The van der Waals surface area contributed by atoms with E-state index >= 15 is 0 Å². The van der Waals surface area contributed by atoms with Gasteiger partial charge in [0.1, 0.15) is 0 Å². The number of unbranched alkanes of at least 4 members (excludes halogenated alkanes) is 1. The lowest BCUT2D eigenvalue weighted by Gasteiger charge is -2.15. The molecule has 1 aromatic heterocycles. The van der Waals surface area contributed by atoms with E-state index in [1.807, 2.05) is 6.92 Å². The van der Waals surface area contributed by atoms with Crippen LogP contribution in [0.5, 0.6) is 0 Å². The molecule has 0 fully saturated rings. The van der Waals surface area contributed by atoms with Gasteiger partial charge in [0.25, 0.3) is 0 Å². The molecule has 4 heteroatoms. The molecule has 1 aromatic rings. The molecule has 1 atom stereocenters. The molecular formula is C12H24N4. The van der Waals surface area contributed by atoms with Gasteiger partial charge in [0, 0.05) is 24.7 Å². The Morgan fingerprint density at radius 2 is 2.25 bits per heavy atom. The Hall–Kier alpha value is -0.870. The molecular weight excluding hydrogens is 200 g/mol. The van der Waals surface area contributed by atoms with Gasteiger partial charge in [-0.05, 0) is 26.3 Å². The van der Waals surface area contributed by atoms with E-state index in [4.69, 9.17) is 5.84 Å². The minimum Gasteiger partial charge on any atom is -0.271 e. The van der Waals surface area contributed by atoms with Gasteiger partial charge in [-0.2, -0.15) is 5.10 Å². The van der Waals surface area contributed by atoms with E-state index in [1.54, 1.807) is 0 Å². The van der Waals surface area contributed by atoms with Crippen molar-refractivity contribution in [2.45, 2.75) is 59.0 Å². The van der Waals surface area contributed by atoms with Crippen LogP contribution in [0.4, 0.5) is 0 Å². The largest absolute Gasteiger partial charge is 0.271 e. The van der Waals surface area contributed by atoms with Crippen LogP contribution in [0.3, 0.4) is 0 Å². The van der Waals surface area contributed by atoms with Crippen LogP contribution in [0, 0.1) is 6.92 Å². The van der Waals surface area contributed by atoms with Gasteiger partial charge in [0.15, 0.2) is 0 Å². The Morgan fingerprint density at radius 3 is 2.81 bits per heavy atom. The Bertz CT molecular complexity index is 306. The predicted molar refractivity (Wildman–Crippen MR) is 67.0 cm³/mol. The van der Waals surface area contributed by atoms with Crippen molar-refractivity contribution in [2.75, 3.05) is 0 Å². The van der Waals surface area contributed by atoms with Crippen LogP contribution in [-0.4, -0.2) is 15.8 Å². The van der Waals surface area contributed by atoms with Gasteiger partial charge in [-0.15, -0.1) is 0 Å². The molecule has 0 saturated carbocycles. The lowest BCUT2D eigenvalue weighted by atomic mass is 10.1. The second kappa shape index (κ2) is 6.66. The van der Waals surface area contributed by atoms with E-state index in [0.717, 1.165) is 25.1 Å². The highest BCUT2D eigenvalue weighted by Gasteiger charge is 2.11. The van der Waals surface area contributed by atoms with Gasteiger partial charge >= 0.3 is 0 Å². The maximum Gasteiger partial charge on any atom is 0.0596 e. The number of hydrogen-bond acceptors (Lipinski definition) is 3. The summed E-state index contributed by atoms with van der Waals surface area (Å²) in [7, 11) is 0. The van der Waals surface area contributed by atoms with Gasteiger partial charge in [-0.25, -0.2) is 0 Å². The topological polar surface area (TPSA) is 55.9 Å². The Balaban J connectivity index is 2.61. The molecule has 0 bridgehead atoms. The van der Waals surface area contributed by atoms with Crippen molar-refractivity contribution >= 4 is 0 Å². The molecule has 1 rings (SSSR count). The number of hydrazine groups is 1. The molecule has 0 saturated heterocycles. The highest BCUT2D eigenvalue weighted by molar-refractivity contribution is 5.10. The first-order valence-electron chi connectivity index (χ1n) is 6.20. The van der Waals surface area contributed by atoms with Crippen LogP contribution >= 0.6 is 0 Å². The van der Waals surface area contributed by atoms with E-state index in [2.05, 4.69) is 35.1 Å². The van der Waals surface area contributed by atoms with Gasteiger partial charge in [-0.3, -0.25) is 16.0 Å². The first-order chi connectivity index (χ1) is 7.71. The van der Waals surface area contributed by atoms with Gasteiger partial charge < -0.3 is 0 Å². The summed E-state index contributed by atoms with van der Waals surface area (Å²) in [6.45, 7) is 7.28. The summed E-state index contributed by atoms with van der Waals surface area (Å²) >= 11 is 0. The van der Waals surface area contributed by atoms with Crippen molar-refractivity contribution in [3.63, 3.8) is 0 Å². The number of nitrogens with one attached hydrogen (secondary N) is 1. The van der Waals surface area contributed by atoms with Gasteiger partial charge in [0.2, 0.25) is 0 Å². The summed E-state index contributed by atoms with van der Waals surface area (Å²) in [5.74, 6) is 5.58.